The maximum absolute atomic E-state index is 10.6. The van der Waals surface area contributed by atoms with Crippen LogP contribution in [0.1, 0.15) is 18.4 Å². The van der Waals surface area contributed by atoms with Gasteiger partial charge in [0.2, 0.25) is 0 Å². The molecule has 0 radical (unpaired) electrons. The normalized spacial score (nSPS) is 12.1. The summed E-state index contributed by atoms with van der Waals surface area (Å²) < 4.78 is 5.32. The van der Waals surface area contributed by atoms with Gasteiger partial charge in [0.1, 0.15) is 0 Å². The van der Waals surface area contributed by atoms with Crippen LogP contribution < -0.4 is 4.74 Å². The summed E-state index contributed by atoms with van der Waals surface area (Å²) >= 11 is 0. The van der Waals surface area contributed by atoms with E-state index in [0.717, 1.165) is 27.5 Å². The first-order chi connectivity index (χ1) is 11.2. The summed E-state index contributed by atoms with van der Waals surface area (Å²) in [4.78, 5) is 0. The molecule has 3 rings (SSSR count). The fraction of sp³-hybridized carbons (Fsp3) is 0.143. The third kappa shape index (κ3) is 2.68. The van der Waals surface area contributed by atoms with Crippen molar-refractivity contribution in [2.45, 2.75) is 12.8 Å². The van der Waals surface area contributed by atoms with Crippen LogP contribution in [-0.4, -0.2) is 12.2 Å². The van der Waals surface area contributed by atoms with E-state index in [1.807, 2.05) is 37.3 Å². The number of benzene rings is 3. The number of fused-ring (bicyclic) bond motifs is 1. The Morgan fingerprint density at radius 3 is 2.43 bits per heavy atom. The fourth-order valence-corrected chi connectivity index (χ4v) is 2.93. The monoisotopic (exact) mass is 304 g/mol. The molecular weight excluding hydrogens is 284 g/mol. The first-order valence-corrected chi connectivity index (χ1v) is 7.67. The van der Waals surface area contributed by atoms with Crippen molar-refractivity contribution in [1.82, 2.24) is 0 Å². The summed E-state index contributed by atoms with van der Waals surface area (Å²) in [5.41, 5.74) is 3.13. The van der Waals surface area contributed by atoms with Crippen LogP contribution in [0, 0.1) is 0 Å². The van der Waals surface area contributed by atoms with Gasteiger partial charge in [-0.3, -0.25) is 0 Å². The minimum atomic E-state index is 0.0265. The Bertz CT molecular complexity index is 851. The molecule has 0 aliphatic heterocycles. The lowest BCUT2D eigenvalue weighted by Crippen LogP contribution is -1.95. The Labute approximate surface area is 136 Å². The van der Waals surface area contributed by atoms with Crippen molar-refractivity contribution in [3.63, 3.8) is 0 Å². The highest BCUT2D eigenvalue weighted by atomic mass is 16.5. The van der Waals surface area contributed by atoms with E-state index in [1.54, 1.807) is 7.11 Å². The number of rotatable bonds is 4. The molecule has 23 heavy (non-hydrogen) atoms. The van der Waals surface area contributed by atoms with Gasteiger partial charge in [0.05, 0.1) is 7.11 Å². The maximum Gasteiger partial charge on any atom is 0.162 e. The molecule has 0 amide bonds. The number of ether oxygens (including phenoxy) is 1. The van der Waals surface area contributed by atoms with Crippen LogP contribution in [0.4, 0.5) is 0 Å². The smallest absolute Gasteiger partial charge is 0.162 e. The van der Waals surface area contributed by atoms with Crippen LogP contribution >= 0.6 is 0 Å². The molecular formula is C21H20O2. The SMILES string of the molecule is C=CC(C)c1c(O)c(OC)cc2ccc(-c3ccccc3)cc12. The Hall–Kier alpha value is -2.74. The number of allylic oxidation sites excluding steroid dienone is 1. The molecule has 1 atom stereocenters. The van der Waals surface area contributed by atoms with Crippen molar-refractivity contribution in [2.75, 3.05) is 7.11 Å². The van der Waals surface area contributed by atoms with E-state index in [9.17, 15) is 5.11 Å². The average Bonchev–Trinajstić information content (AvgIpc) is 2.61. The fourth-order valence-electron chi connectivity index (χ4n) is 2.93. The van der Waals surface area contributed by atoms with E-state index in [-0.39, 0.29) is 11.7 Å². The van der Waals surface area contributed by atoms with Crippen LogP contribution in [0.15, 0.2) is 67.3 Å². The van der Waals surface area contributed by atoms with Crippen LogP contribution in [-0.2, 0) is 0 Å². The van der Waals surface area contributed by atoms with Crippen molar-refractivity contribution in [1.29, 1.82) is 0 Å². The summed E-state index contributed by atoms with van der Waals surface area (Å²) in [5, 5.41) is 12.6. The van der Waals surface area contributed by atoms with Gasteiger partial charge < -0.3 is 9.84 Å². The van der Waals surface area contributed by atoms with Gasteiger partial charge in [-0.15, -0.1) is 6.58 Å². The molecule has 0 spiro atoms. The van der Waals surface area contributed by atoms with Crippen molar-refractivity contribution in [3.8, 4) is 22.6 Å². The summed E-state index contributed by atoms with van der Waals surface area (Å²) in [5.74, 6) is 0.713. The second kappa shape index (κ2) is 6.17. The van der Waals surface area contributed by atoms with Gasteiger partial charge in [-0.05, 0) is 34.0 Å². The third-order valence-electron chi connectivity index (χ3n) is 4.25. The molecule has 3 aromatic rings. The Kier molecular flexibility index (Phi) is 4.07. The molecule has 0 heterocycles. The number of aromatic hydroxyl groups is 1. The number of methoxy groups -OCH3 is 1. The van der Waals surface area contributed by atoms with Gasteiger partial charge in [0, 0.05) is 11.5 Å². The van der Waals surface area contributed by atoms with Crippen LogP contribution in [0.5, 0.6) is 11.5 Å². The zero-order valence-electron chi connectivity index (χ0n) is 13.4. The first kappa shape index (κ1) is 15.2. The molecule has 0 fully saturated rings. The topological polar surface area (TPSA) is 29.5 Å². The predicted octanol–water partition coefficient (Wildman–Crippen LogP) is 5.51. The minimum Gasteiger partial charge on any atom is -0.504 e. The zero-order chi connectivity index (χ0) is 16.4. The van der Waals surface area contributed by atoms with Gasteiger partial charge in [0.25, 0.3) is 0 Å². The number of phenolic OH excluding ortho intramolecular Hbond substituents is 1. The summed E-state index contributed by atoms with van der Waals surface area (Å²) in [6.45, 7) is 5.89. The molecule has 116 valence electrons. The lowest BCUT2D eigenvalue weighted by Gasteiger charge is -2.17. The van der Waals surface area contributed by atoms with Gasteiger partial charge >= 0.3 is 0 Å². The second-order valence-electron chi connectivity index (χ2n) is 5.67. The molecule has 0 aromatic heterocycles. The van der Waals surface area contributed by atoms with Crippen molar-refractivity contribution < 1.29 is 9.84 Å². The van der Waals surface area contributed by atoms with Crippen LogP contribution in [0.2, 0.25) is 0 Å². The van der Waals surface area contributed by atoms with E-state index < -0.39 is 0 Å². The zero-order valence-corrected chi connectivity index (χ0v) is 13.4. The number of hydrogen-bond donors (Lipinski definition) is 1. The van der Waals surface area contributed by atoms with Crippen LogP contribution in [0.25, 0.3) is 21.9 Å². The molecule has 2 heteroatoms. The standard InChI is InChI=1S/C21H20O2/c1-4-14(2)20-18-12-16(15-8-6-5-7-9-15)10-11-17(18)13-19(23-3)21(20)22/h4-14,22H,1H2,2-3H3. The van der Waals surface area contributed by atoms with Crippen molar-refractivity contribution in [3.05, 3.63) is 72.8 Å². The quantitative estimate of drug-likeness (QED) is 0.644. The average molecular weight is 304 g/mol. The highest BCUT2D eigenvalue weighted by Crippen LogP contribution is 2.42. The Morgan fingerprint density at radius 1 is 1.04 bits per heavy atom. The third-order valence-corrected chi connectivity index (χ3v) is 4.25. The summed E-state index contributed by atoms with van der Waals surface area (Å²) in [6.07, 6.45) is 1.84. The van der Waals surface area contributed by atoms with Crippen molar-refractivity contribution >= 4 is 10.8 Å². The first-order valence-electron chi connectivity index (χ1n) is 7.67. The van der Waals surface area contributed by atoms with Crippen LogP contribution in [0.3, 0.4) is 0 Å². The number of hydrogen-bond acceptors (Lipinski definition) is 2. The minimum absolute atomic E-state index is 0.0265. The van der Waals surface area contributed by atoms with Gasteiger partial charge in [-0.2, -0.15) is 0 Å². The Morgan fingerprint density at radius 2 is 1.78 bits per heavy atom. The van der Waals surface area contributed by atoms with E-state index in [0.29, 0.717) is 5.75 Å². The molecule has 2 nitrogen and oxygen atoms in total. The Balaban J connectivity index is 2.31. The van der Waals surface area contributed by atoms with Crippen molar-refractivity contribution in [2.24, 2.45) is 0 Å². The van der Waals surface area contributed by atoms with E-state index in [1.165, 1.54) is 0 Å². The summed E-state index contributed by atoms with van der Waals surface area (Å²) in [6, 6.07) is 18.4. The molecule has 0 aliphatic carbocycles. The molecule has 1 unspecified atom stereocenters. The second-order valence-corrected chi connectivity index (χ2v) is 5.67. The molecule has 0 saturated carbocycles. The molecule has 1 N–H and O–H groups in total. The van der Waals surface area contributed by atoms with Gasteiger partial charge in [-0.1, -0.05) is 55.5 Å². The predicted molar refractivity (Wildman–Crippen MR) is 96.2 cm³/mol. The largest absolute Gasteiger partial charge is 0.504 e. The molecule has 0 saturated heterocycles. The van der Waals surface area contributed by atoms with E-state index in [4.69, 9.17) is 4.74 Å². The molecule has 0 aliphatic rings. The summed E-state index contributed by atoms with van der Waals surface area (Å²) in [7, 11) is 1.57. The number of phenols is 1. The lowest BCUT2D eigenvalue weighted by molar-refractivity contribution is 0.371. The highest BCUT2D eigenvalue weighted by molar-refractivity contribution is 5.94. The highest BCUT2D eigenvalue weighted by Gasteiger charge is 2.17. The lowest BCUT2D eigenvalue weighted by atomic mass is 9.91. The van der Waals surface area contributed by atoms with Gasteiger partial charge in [0.15, 0.2) is 11.5 Å². The van der Waals surface area contributed by atoms with E-state index in [2.05, 4.69) is 36.9 Å². The van der Waals surface area contributed by atoms with E-state index >= 15 is 0 Å². The maximum atomic E-state index is 10.6. The molecule has 0 bridgehead atoms. The van der Waals surface area contributed by atoms with Gasteiger partial charge in [-0.25, -0.2) is 0 Å². The molecule has 3 aromatic carbocycles.